The Labute approximate surface area is 117 Å². The predicted molar refractivity (Wildman–Crippen MR) is 73.5 cm³/mol. The van der Waals surface area contributed by atoms with Crippen molar-refractivity contribution in [3.63, 3.8) is 0 Å². The smallest absolute Gasteiger partial charge is 0.246 e. The van der Waals surface area contributed by atoms with Crippen LogP contribution in [0.15, 0.2) is 29.2 Å². The van der Waals surface area contributed by atoms with E-state index in [0.717, 1.165) is 16.4 Å². The van der Waals surface area contributed by atoms with Crippen LogP contribution < -0.4 is 5.73 Å². The largest absolute Gasteiger partial charge is 0.326 e. The third-order valence-corrected chi connectivity index (χ3v) is 4.71. The topological polar surface area (TPSA) is 63.4 Å². The summed E-state index contributed by atoms with van der Waals surface area (Å²) in [6.45, 7) is 6.77. The minimum atomic E-state index is -4.05. The molecule has 0 aliphatic rings. The van der Waals surface area contributed by atoms with Crippen molar-refractivity contribution in [1.29, 1.82) is 0 Å². The van der Waals surface area contributed by atoms with E-state index in [0.29, 0.717) is 5.57 Å². The van der Waals surface area contributed by atoms with Crippen molar-refractivity contribution in [3.8, 4) is 0 Å². The molecule has 0 aromatic heterocycles. The lowest BCUT2D eigenvalue weighted by Gasteiger charge is -2.21. The zero-order valence-electron chi connectivity index (χ0n) is 11.5. The molecule has 0 amide bonds. The maximum Gasteiger partial charge on any atom is 0.246 e. The highest BCUT2D eigenvalue weighted by atomic mass is 32.2. The normalized spacial score (nSPS) is 11.9. The van der Waals surface area contributed by atoms with Gasteiger partial charge in [0.1, 0.15) is 10.7 Å². The molecule has 0 saturated heterocycles. The molecule has 1 aromatic carbocycles. The number of hydrogen-bond acceptors (Lipinski definition) is 3. The summed E-state index contributed by atoms with van der Waals surface area (Å²) in [6, 6.07) is 1.83. The van der Waals surface area contributed by atoms with Crippen LogP contribution in [0.5, 0.6) is 0 Å². The number of hydrogen-bond donors (Lipinski definition) is 1. The van der Waals surface area contributed by atoms with Gasteiger partial charge in [-0.05, 0) is 19.1 Å². The fourth-order valence-corrected chi connectivity index (χ4v) is 3.37. The van der Waals surface area contributed by atoms with Gasteiger partial charge >= 0.3 is 0 Å². The third-order valence-electron chi connectivity index (χ3n) is 2.77. The number of likely N-dealkylation sites (N-methyl/N-ethyl adjacent to an activating group) is 1. The first-order chi connectivity index (χ1) is 9.25. The van der Waals surface area contributed by atoms with Crippen molar-refractivity contribution in [1.82, 2.24) is 4.31 Å². The monoisotopic (exact) mass is 304 g/mol. The first-order valence-electron chi connectivity index (χ1n) is 6.07. The summed E-state index contributed by atoms with van der Waals surface area (Å²) in [5.74, 6) is -1.99. The highest BCUT2D eigenvalue weighted by Gasteiger charge is 2.28. The van der Waals surface area contributed by atoms with Gasteiger partial charge in [0.15, 0.2) is 5.82 Å². The number of sulfonamides is 1. The molecule has 0 heterocycles. The van der Waals surface area contributed by atoms with E-state index in [1.165, 1.54) is 0 Å². The molecule has 112 valence electrons. The number of nitrogens with zero attached hydrogens (tertiary/aromatic N) is 1. The van der Waals surface area contributed by atoms with E-state index in [4.69, 9.17) is 5.73 Å². The van der Waals surface area contributed by atoms with Gasteiger partial charge in [-0.2, -0.15) is 4.31 Å². The maximum absolute atomic E-state index is 14.1. The van der Waals surface area contributed by atoms with Crippen LogP contribution in [0.4, 0.5) is 8.78 Å². The Morgan fingerprint density at radius 1 is 1.40 bits per heavy atom. The summed E-state index contributed by atoms with van der Waals surface area (Å²) < 4.78 is 53.3. The van der Waals surface area contributed by atoms with Crippen molar-refractivity contribution in [2.75, 3.05) is 13.1 Å². The Morgan fingerprint density at radius 3 is 2.45 bits per heavy atom. The molecule has 0 aliphatic heterocycles. The van der Waals surface area contributed by atoms with Gasteiger partial charge in [0.2, 0.25) is 10.0 Å². The molecule has 0 bridgehead atoms. The number of halogens is 2. The van der Waals surface area contributed by atoms with Crippen LogP contribution in [0.2, 0.25) is 0 Å². The second-order valence-electron chi connectivity index (χ2n) is 4.43. The maximum atomic E-state index is 14.1. The van der Waals surface area contributed by atoms with Gasteiger partial charge < -0.3 is 5.73 Å². The van der Waals surface area contributed by atoms with Crippen molar-refractivity contribution >= 4 is 10.0 Å². The Kier molecular flexibility index (Phi) is 5.38. The predicted octanol–water partition coefficient (Wildman–Crippen LogP) is 2.01. The molecule has 0 unspecified atom stereocenters. The van der Waals surface area contributed by atoms with Crippen LogP contribution in [-0.2, 0) is 16.6 Å². The van der Waals surface area contributed by atoms with E-state index in [2.05, 4.69) is 6.58 Å². The van der Waals surface area contributed by atoms with Crippen molar-refractivity contribution in [3.05, 3.63) is 41.5 Å². The Morgan fingerprint density at radius 2 is 2.00 bits per heavy atom. The number of nitrogens with two attached hydrogens (primary N) is 1. The zero-order chi connectivity index (χ0) is 15.5. The molecule has 20 heavy (non-hydrogen) atoms. The van der Waals surface area contributed by atoms with Gasteiger partial charge in [-0.3, -0.25) is 0 Å². The Balaban J connectivity index is 3.38. The van der Waals surface area contributed by atoms with Gasteiger partial charge in [-0.1, -0.05) is 19.1 Å². The molecule has 0 saturated carbocycles. The molecule has 0 spiro atoms. The first kappa shape index (κ1) is 16.7. The molecule has 0 aliphatic carbocycles. The average Bonchev–Trinajstić information content (AvgIpc) is 2.35. The van der Waals surface area contributed by atoms with Crippen molar-refractivity contribution in [2.45, 2.75) is 25.3 Å². The quantitative estimate of drug-likeness (QED) is 0.818. The summed E-state index contributed by atoms with van der Waals surface area (Å²) in [5.41, 5.74) is 5.44. The van der Waals surface area contributed by atoms with Crippen LogP contribution in [-0.4, -0.2) is 25.8 Å². The second-order valence-corrected chi connectivity index (χ2v) is 6.34. The molecule has 7 heteroatoms. The first-order valence-corrected chi connectivity index (χ1v) is 7.51. The van der Waals surface area contributed by atoms with E-state index >= 15 is 0 Å². The van der Waals surface area contributed by atoms with Gasteiger partial charge in [-0.25, -0.2) is 17.2 Å². The van der Waals surface area contributed by atoms with E-state index in [9.17, 15) is 17.2 Å². The minimum absolute atomic E-state index is 0.0770. The lowest BCUT2D eigenvalue weighted by molar-refractivity contribution is 0.444. The molecule has 1 aromatic rings. The standard InChI is InChI=1S/C13H18F2N2O2S/c1-4-17(8-9(2)3)20(18,19)12-6-5-11(14)10(7-16)13(12)15/h5-6H,2,4,7-8,16H2,1,3H3. The van der Waals surface area contributed by atoms with Gasteiger partial charge in [-0.15, -0.1) is 0 Å². The van der Waals surface area contributed by atoms with E-state index in [-0.39, 0.29) is 13.1 Å². The molecule has 0 radical (unpaired) electrons. The molecule has 4 nitrogen and oxygen atoms in total. The highest BCUT2D eigenvalue weighted by Crippen LogP contribution is 2.24. The minimum Gasteiger partial charge on any atom is -0.326 e. The van der Waals surface area contributed by atoms with Crippen LogP contribution in [0.3, 0.4) is 0 Å². The zero-order valence-corrected chi connectivity index (χ0v) is 12.3. The van der Waals surface area contributed by atoms with E-state index < -0.39 is 38.7 Å². The average molecular weight is 304 g/mol. The van der Waals surface area contributed by atoms with Gasteiger partial charge in [0.25, 0.3) is 0 Å². The molecule has 0 fully saturated rings. The SMILES string of the molecule is C=C(C)CN(CC)S(=O)(=O)c1ccc(F)c(CN)c1F. The summed E-state index contributed by atoms with van der Waals surface area (Å²) in [7, 11) is -4.05. The van der Waals surface area contributed by atoms with E-state index in [1.807, 2.05) is 0 Å². The van der Waals surface area contributed by atoms with Crippen LogP contribution in [0, 0.1) is 11.6 Å². The molecule has 1 rings (SSSR count). The third kappa shape index (κ3) is 3.23. The molecular weight excluding hydrogens is 286 g/mol. The van der Waals surface area contributed by atoms with Crippen LogP contribution in [0.1, 0.15) is 19.4 Å². The molecular formula is C13H18F2N2O2S. The van der Waals surface area contributed by atoms with Crippen molar-refractivity contribution < 1.29 is 17.2 Å². The summed E-state index contributed by atoms with van der Waals surface area (Å²) in [6.07, 6.45) is 0. The summed E-state index contributed by atoms with van der Waals surface area (Å²) in [5, 5.41) is 0. The van der Waals surface area contributed by atoms with Crippen molar-refractivity contribution in [2.24, 2.45) is 5.73 Å². The van der Waals surface area contributed by atoms with Gasteiger partial charge in [0.05, 0.1) is 0 Å². The second kappa shape index (κ2) is 6.43. The number of rotatable bonds is 6. The lowest BCUT2D eigenvalue weighted by Crippen LogP contribution is -2.33. The Hall–Kier alpha value is -1.31. The Bertz CT molecular complexity index is 615. The fraction of sp³-hybridized carbons (Fsp3) is 0.385. The van der Waals surface area contributed by atoms with Crippen LogP contribution >= 0.6 is 0 Å². The summed E-state index contributed by atoms with van der Waals surface area (Å²) >= 11 is 0. The van der Waals surface area contributed by atoms with Gasteiger partial charge in [0, 0.05) is 25.2 Å². The molecule has 0 atom stereocenters. The lowest BCUT2D eigenvalue weighted by atomic mass is 10.2. The van der Waals surface area contributed by atoms with Crippen LogP contribution in [0.25, 0.3) is 0 Å². The summed E-state index contributed by atoms with van der Waals surface area (Å²) in [4.78, 5) is -0.567. The number of benzene rings is 1. The molecule has 2 N–H and O–H groups in total. The fourth-order valence-electron chi connectivity index (χ4n) is 1.77. The highest BCUT2D eigenvalue weighted by molar-refractivity contribution is 7.89. The van der Waals surface area contributed by atoms with E-state index in [1.54, 1.807) is 13.8 Å².